The Hall–Kier alpha value is -3.27. The van der Waals surface area contributed by atoms with E-state index < -0.39 is 68.7 Å². The summed E-state index contributed by atoms with van der Waals surface area (Å²) >= 11 is 12.3. The van der Waals surface area contributed by atoms with Gasteiger partial charge in [0.2, 0.25) is 17.5 Å². The molecule has 0 aliphatic carbocycles. The summed E-state index contributed by atoms with van der Waals surface area (Å²) in [4.78, 5) is 25.4. The molecule has 0 heterocycles. The molecule has 3 aromatic rings. The number of primary amides is 1. The smallest absolute Gasteiger partial charge is 0.381 e. The van der Waals surface area contributed by atoms with Crippen molar-refractivity contribution in [1.82, 2.24) is 0 Å². The lowest BCUT2D eigenvalue weighted by atomic mass is 9.70. The number of aliphatic hydroxyl groups is 10. The second kappa shape index (κ2) is 12.9. The number of benzene rings is 3. The second-order valence-electron chi connectivity index (χ2n) is 11.1. The van der Waals surface area contributed by atoms with E-state index in [0.717, 1.165) is 24.3 Å². The highest BCUT2D eigenvalue weighted by molar-refractivity contribution is 6.34. The van der Waals surface area contributed by atoms with Crippen LogP contribution in [-0.4, -0.2) is 105 Å². The number of ether oxygens (including phenoxy) is 1. The summed E-state index contributed by atoms with van der Waals surface area (Å²) < 4.78 is 19.6. The Morgan fingerprint density at radius 1 is 0.833 bits per heavy atom. The lowest BCUT2D eigenvalue weighted by Crippen LogP contribution is -2.81. The Morgan fingerprint density at radius 2 is 1.42 bits per heavy atom. The monoisotopic (exact) mass is 714 g/mol. The largest absolute Gasteiger partial charge is 0.394 e. The Kier molecular flexibility index (Phi) is 10.5. The van der Waals surface area contributed by atoms with E-state index in [2.05, 4.69) is 4.74 Å². The third-order valence-electron chi connectivity index (χ3n) is 7.33. The Bertz CT molecular complexity index is 1730. The Morgan fingerprint density at radius 3 is 1.92 bits per heavy atom. The highest BCUT2D eigenvalue weighted by atomic mass is 35.5. The fraction of sp³-hybridized carbons (Fsp3) is 0.310. The molecule has 0 fully saturated rings. The van der Waals surface area contributed by atoms with Gasteiger partial charge in [0.15, 0.2) is 0 Å². The number of carbonyl (C=O) groups excluding carboxylic acids is 2. The molecular weight excluding hydrogens is 685 g/mol. The van der Waals surface area contributed by atoms with Crippen LogP contribution in [0.1, 0.15) is 40.1 Å². The van der Waals surface area contributed by atoms with E-state index in [0.29, 0.717) is 6.92 Å². The van der Waals surface area contributed by atoms with Crippen molar-refractivity contribution in [3.05, 3.63) is 87.2 Å². The zero-order valence-electron chi connectivity index (χ0n) is 25.1. The zero-order valence-corrected chi connectivity index (χ0v) is 26.6. The van der Waals surface area contributed by atoms with E-state index in [-0.39, 0.29) is 39.1 Å². The van der Waals surface area contributed by atoms with Gasteiger partial charge in [-0.2, -0.15) is 0 Å². The molecule has 15 nitrogen and oxygen atoms in total. The van der Waals surface area contributed by atoms with Crippen molar-refractivity contribution < 1.29 is 69.8 Å². The molecule has 3 aromatic carbocycles. The van der Waals surface area contributed by atoms with Crippen LogP contribution >= 0.6 is 23.2 Å². The molecule has 12 N–H and O–H groups in total. The first-order chi connectivity index (χ1) is 21.6. The third kappa shape index (κ3) is 6.79. The summed E-state index contributed by atoms with van der Waals surface area (Å²) in [5.74, 6) is -22.2. The first-order valence-corrected chi connectivity index (χ1v) is 14.1. The number of rotatable bonds is 11. The summed E-state index contributed by atoms with van der Waals surface area (Å²) in [5.41, 5.74) is 0.825. The van der Waals surface area contributed by atoms with Crippen molar-refractivity contribution in [1.29, 1.82) is 0 Å². The van der Waals surface area contributed by atoms with Crippen molar-refractivity contribution in [3.8, 4) is 11.1 Å². The van der Waals surface area contributed by atoms with Gasteiger partial charge < -0.3 is 56.8 Å². The lowest BCUT2D eigenvalue weighted by molar-refractivity contribution is -0.542. The molecule has 0 aliphatic heterocycles. The molecule has 48 heavy (non-hydrogen) atoms. The van der Waals surface area contributed by atoms with Crippen LogP contribution < -0.4 is 10.6 Å². The molecule has 19 heteroatoms. The standard InChI is InChI=1S/C29H30BCl2FN2O13/c1-13-11-14(16-12-15(22(34)36)7-9-17(16)31)8-10-20(13)35(23(37)21-18(32)5-4-6-19(21)33)29(46,47)48-25(3,39)27(42,43)28(44,45)26(40,41)24(2,30)38/h4-12,38-47H,1-3H3,(H2,34,36). The quantitative estimate of drug-likeness (QED) is 0.0849. The molecule has 258 valence electrons. The molecule has 0 aliphatic rings. The number of carbonyl (C=O) groups is 2. The maximum absolute atomic E-state index is 14.9. The Labute approximate surface area is 282 Å². The normalized spacial score (nSPS) is 15.4. The number of hydrogen-bond acceptors (Lipinski definition) is 13. The molecule has 3 rings (SSSR count). The van der Waals surface area contributed by atoms with Gasteiger partial charge in [0.05, 0.1) is 21.8 Å². The minimum Gasteiger partial charge on any atom is -0.394 e. The first kappa shape index (κ1) is 39.2. The molecular formula is C29H30BCl2FN2O13. The minimum absolute atomic E-state index is 0.0635. The number of halogens is 3. The van der Waals surface area contributed by atoms with Crippen LogP contribution in [-0.2, 0) is 4.74 Å². The SMILES string of the molecule is [B]C(C)(O)C(O)(O)C(O)(O)C(O)(O)C(C)(O)OC(O)(O)N(C(=O)c1c(F)cccc1Cl)c1ccc(-c2cc(C(N)=O)ccc2Cl)cc1C. The van der Waals surface area contributed by atoms with Crippen LogP contribution in [0.5, 0.6) is 0 Å². The van der Waals surface area contributed by atoms with E-state index in [4.69, 9.17) is 36.8 Å². The van der Waals surface area contributed by atoms with E-state index in [1.165, 1.54) is 37.3 Å². The van der Waals surface area contributed by atoms with Gasteiger partial charge in [-0.1, -0.05) is 35.3 Å². The molecule has 0 saturated heterocycles. The Balaban J connectivity index is 2.24. The van der Waals surface area contributed by atoms with Crippen LogP contribution in [0.3, 0.4) is 0 Å². The third-order valence-corrected chi connectivity index (χ3v) is 7.98. The average Bonchev–Trinajstić information content (AvgIpc) is 2.92. The van der Waals surface area contributed by atoms with Crippen LogP contribution in [0.2, 0.25) is 10.0 Å². The number of amides is 2. The van der Waals surface area contributed by atoms with Crippen LogP contribution in [0.15, 0.2) is 54.6 Å². The van der Waals surface area contributed by atoms with Gasteiger partial charge in [0.25, 0.3) is 17.5 Å². The summed E-state index contributed by atoms with van der Waals surface area (Å²) in [7, 11) is 5.09. The predicted octanol–water partition coefficient (Wildman–Crippen LogP) is -0.906. The summed E-state index contributed by atoms with van der Waals surface area (Å²) in [6, 6.07) is 10.5. The fourth-order valence-electron chi connectivity index (χ4n) is 4.49. The van der Waals surface area contributed by atoms with Gasteiger partial charge in [-0.25, -0.2) is 9.29 Å². The molecule has 2 unspecified atom stereocenters. The predicted molar refractivity (Wildman–Crippen MR) is 165 cm³/mol. The van der Waals surface area contributed by atoms with Gasteiger partial charge in [-0.3, -0.25) is 14.3 Å². The van der Waals surface area contributed by atoms with E-state index in [9.17, 15) is 65.0 Å². The number of nitrogens with two attached hydrogens (primary N) is 1. The molecule has 0 bridgehead atoms. The average molecular weight is 715 g/mol. The summed E-state index contributed by atoms with van der Waals surface area (Å²) in [6.45, 7) is 1.77. The van der Waals surface area contributed by atoms with Gasteiger partial charge in [0, 0.05) is 16.1 Å². The minimum atomic E-state index is -4.89. The number of nitrogens with zero attached hydrogens (tertiary/aromatic N) is 1. The van der Waals surface area contributed by atoms with Gasteiger partial charge in [-0.05, 0) is 74.4 Å². The number of anilines is 1. The highest BCUT2D eigenvalue weighted by Gasteiger charge is 2.74. The lowest BCUT2D eigenvalue weighted by Gasteiger charge is -2.52. The molecule has 0 saturated carbocycles. The maximum Gasteiger partial charge on any atom is 0.381 e. The van der Waals surface area contributed by atoms with Crippen LogP contribution in [0.4, 0.5) is 10.1 Å². The summed E-state index contributed by atoms with van der Waals surface area (Å²) in [5, 5.41) is 105. The van der Waals surface area contributed by atoms with Crippen molar-refractivity contribution in [2.75, 3.05) is 4.90 Å². The van der Waals surface area contributed by atoms with Gasteiger partial charge >= 0.3 is 6.10 Å². The molecule has 0 aromatic heterocycles. The summed E-state index contributed by atoms with van der Waals surface area (Å²) in [6.07, 6.45) is -4.35. The van der Waals surface area contributed by atoms with Crippen molar-refractivity contribution in [2.24, 2.45) is 5.73 Å². The topological polar surface area (TPSA) is 275 Å². The molecule has 2 amide bonds. The number of hydrogen-bond donors (Lipinski definition) is 11. The second-order valence-corrected chi connectivity index (χ2v) is 11.9. The molecule has 2 radical (unpaired) electrons. The molecule has 2 atom stereocenters. The van der Waals surface area contributed by atoms with Gasteiger partial charge in [0.1, 0.15) is 13.7 Å². The maximum atomic E-state index is 14.9. The van der Waals surface area contributed by atoms with Crippen LogP contribution in [0, 0.1) is 12.7 Å². The van der Waals surface area contributed by atoms with E-state index in [1.807, 2.05) is 0 Å². The van der Waals surface area contributed by atoms with E-state index in [1.54, 1.807) is 0 Å². The first-order valence-electron chi connectivity index (χ1n) is 13.3. The molecule has 0 spiro atoms. The van der Waals surface area contributed by atoms with Crippen molar-refractivity contribution in [3.63, 3.8) is 0 Å². The van der Waals surface area contributed by atoms with Crippen molar-refractivity contribution in [2.45, 2.75) is 55.5 Å². The number of aryl methyl sites for hydroxylation is 1. The van der Waals surface area contributed by atoms with Gasteiger partial charge in [-0.15, -0.1) is 0 Å². The fourth-order valence-corrected chi connectivity index (χ4v) is 4.96. The highest BCUT2D eigenvalue weighted by Crippen LogP contribution is 2.43. The zero-order chi connectivity index (χ0) is 37.0. The van der Waals surface area contributed by atoms with Crippen molar-refractivity contribution >= 4 is 48.5 Å². The van der Waals surface area contributed by atoms with E-state index >= 15 is 0 Å². The van der Waals surface area contributed by atoms with Crippen LogP contribution in [0.25, 0.3) is 11.1 Å².